The highest BCUT2D eigenvalue weighted by molar-refractivity contribution is 7.92. The van der Waals surface area contributed by atoms with Crippen molar-refractivity contribution in [2.75, 3.05) is 10.0 Å². The summed E-state index contributed by atoms with van der Waals surface area (Å²) >= 11 is 6.12. The number of hydrogen-bond acceptors (Lipinski definition) is 4. The number of halogens is 1. The minimum absolute atomic E-state index is 0.0390. The normalized spacial score (nSPS) is 11.1. The highest BCUT2D eigenvalue weighted by Crippen LogP contribution is 2.23. The molecule has 2 N–H and O–H groups in total. The molecule has 3 rings (SSSR count). The maximum atomic E-state index is 12.7. The van der Waals surface area contributed by atoms with Crippen LogP contribution in [0.5, 0.6) is 0 Å². The molecule has 0 saturated heterocycles. The lowest BCUT2D eigenvalue weighted by molar-refractivity contribution is 0.102. The van der Waals surface area contributed by atoms with E-state index in [1.807, 2.05) is 13.0 Å². The molecule has 2 aromatic carbocycles. The van der Waals surface area contributed by atoms with E-state index in [0.29, 0.717) is 11.5 Å². The van der Waals surface area contributed by atoms with Crippen molar-refractivity contribution < 1.29 is 13.2 Å². The summed E-state index contributed by atoms with van der Waals surface area (Å²) in [5, 5.41) is 2.76. The van der Waals surface area contributed by atoms with E-state index in [4.69, 9.17) is 11.6 Å². The summed E-state index contributed by atoms with van der Waals surface area (Å²) in [7, 11) is -3.89. The Labute approximate surface area is 168 Å². The van der Waals surface area contributed by atoms with E-state index in [2.05, 4.69) is 15.0 Å². The summed E-state index contributed by atoms with van der Waals surface area (Å²) in [6.45, 7) is 3.66. The second-order valence-electron chi connectivity index (χ2n) is 6.23. The fraction of sp³-hybridized carbons (Fsp3) is 0.100. The zero-order valence-corrected chi connectivity index (χ0v) is 16.8. The lowest BCUT2D eigenvalue weighted by Gasteiger charge is -2.11. The minimum Gasteiger partial charge on any atom is -0.307 e. The van der Waals surface area contributed by atoms with Crippen molar-refractivity contribution >= 4 is 39.0 Å². The number of aromatic nitrogens is 1. The molecule has 0 aliphatic heterocycles. The average Bonchev–Trinajstić information content (AvgIpc) is 2.61. The molecule has 0 fully saturated rings. The van der Waals surface area contributed by atoms with Gasteiger partial charge in [-0.2, -0.15) is 0 Å². The third-order valence-corrected chi connectivity index (χ3v) is 5.60. The van der Waals surface area contributed by atoms with Gasteiger partial charge in [0, 0.05) is 11.4 Å². The molecule has 0 radical (unpaired) electrons. The molecule has 1 heterocycles. The number of pyridine rings is 1. The molecular weight excluding hydrogens is 398 g/mol. The first kappa shape index (κ1) is 19.9. The Hall–Kier alpha value is -2.90. The Bertz CT molecular complexity index is 1150. The largest absolute Gasteiger partial charge is 0.307 e. The number of sulfonamides is 1. The van der Waals surface area contributed by atoms with Gasteiger partial charge in [-0.25, -0.2) is 13.4 Å². The van der Waals surface area contributed by atoms with Gasteiger partial charge in [0.15, 0.2) is 0 Å². The molecule has 0 atom stereocenters. The van der Waals surface area contributed by atoms with Gasteiger partial charge in [-0.15, -0.1) is 0 Å². The molecule has 6 nitrogen and oxygen atoms in total. The molecule has 1 amide bonds. The van der Waals surface area contributed by atoms with E-state index in [0.717, 1.165) is 11.3 Å². The molecule has 1 aromatic heterocycles. The van der Waals surface area contributed by atoms with Crippen LogP contribution in [0.4, 0.5) is 11.5 Å². The Morgan fingerprint density at radius 3 is 2.46 bits per heavy atom. The predicted molar refractivity (Wildman–Crippen MR) is 110 cm³/mol. The van der Waals surface area contributed by atoms with E-state index in [1.54, 1.807) is 43.3 Å². The van der Waals surface area contributed by atoms with E-state index < -0.39 is 15.9 Å². The number of aryl methyl sites for hydroxylation is 2. The second-order valence-corrected chi connectivity index (χ2v) is 8.32. The van der Waals surface area contributed by atoms with Gasteiger partial charge < -0.3 is 5.32 Å². The molecule has 0 unspecified atom stereocenters. The maximum Gasteiger partial charge on any atom is 0.261 e. The summed E-state index contributed by atoms with van der Waals surface area (Å²) in [5.41, 5.74) is 2.13. The van der Waals surface area contributed by atoms with Gasteiger partial charge in [0.25, 0.3) is 15.9 Å². The smallest absolute Gasteiger partial charge is 0.261 e. The number of carbonyl (C=O) groups excluding carboxylic acids is 1. The maximum absolute atomic E-state index is 12.7. The number of benzene rings is 2. The average molecular weight is 416 g/mol. The van der Waals surface area contributed by atoms with Crippen LogP contribution in [0.3, 0.4) is 0 Å². The number of anilines is 2. The Morgan fingerprint density at radius 2 is 1.75 bits per heavy atom. The van der Waals surface area contributed by atoms with E-state index in [1.165, 1.54) is 18.2 Å². The van der Waals surface area contributed by atoms with Crippen LogP contribution in [-0.2, 0) is 10.0 Å². The Morgan fingerprint density at radius 1 is 1.00 bits per heavy atom. The fourth-order valence-electron chi connectivity index (χ4n) is 2.56. The number of carbonyl (C=O) groups is 1. The van der Waals surface area contributed by atoms with Crippen LogP contribution in [0.25, 0.3) is 0 Å². The number of rotatable bonds is 5. The van der Waals surface area contributed by atoms with Gasteiger partial charge in [0.05, 0.1) is 15.5 Å². The molecule has 0 aliphatic carbocycles. The lowest BCUT2D eigenvalue weighted by atomic mass is 10.2. The van der Waals surface area contributed by atoms with Crippen molar-refractivity contribution in [3.8, 4) is 0 Å². The fourth-order valence-corrected chi connectivity index (χ4v) is 3.84. The van der Waals surface area contributed by atoms with Crippen LogP contribution in [0, 0.1) is 13.8 Å². The highest BCUT2D eigenvalue weighted by atomic mass is 35.5. The first-order valence-corrected chi connectivity index (χ1v) is 10.2. The third-order valence-electron chi connectivity index (χ3n) is 3.89. The van der Waals surface area contributed by atoms with Gasteiger partial charge in [-0.1, -0.05) is 29.8 Å². The van der Waals surface area contributed by atoms with Gasteiger partial charge in [0.2, 0.25) is 0 Å². The van der Waals surface area contributed by atoms with Crippen molar-refractivity contribution in [2.24, 2.45) is 0 Å². The number of amides is 1. The van der Waals surface area contributed by atoms with Crippen molar-refractivity contribution in [2.45, 2.75) is 18.7 Å². The number of nitrogens with zero attached hydrogens (tertiary/aromatic N) is 1. The van der Waals surface area contributed by atoms with Crippen molar-refractivity contribution in [1.82, 2.24) is 4.98 Å². The molecule has 0 saturated carbocycles. The first-order chi connectivity index (χ1) is 13.2. The van der Waals surface area contributed by atoms with Crippen molar-refractivity contribution in [3.05, 3.63) is 82.5 Å². The van der Waals surface area contributed by atoms with E-state index in [9.17, 15) is 13.2 Å². The van der Waals surface area contributed by atoms with Crippen molar-refractivity contribution in [3.63, 3.8) is 0 Å². The van der Waals surface area contributed by atoms with E-state index >= 15 is 0 Å². The van der Waals surface area contributed by atoms with E-state index in [-0.39, 0.29) is 15.5 Å². The molecule has 0 spiro atoms. The van der Waals surface area contributed by atoms with Gasteiger partial charge in [-0.3, -0.25) is 9.52 Å². The molecule has 28 heavy (non-hydrogen) atoms. The van der Waals surface area contributed by atoms with Gasteiger partial charge in [0.1, 0.15) is 5.82 Å². The van der Waals surface area contributed by atoms with Crippen LogP contribution in [-0.4, -0.2) is 19.3 Å². The Kier molecular flexibility index (Phi) is 5.67. The molecule has 8 heteroatoms. The molecular formula is C20H18ClN3O3S. The van der Waals surface area contributed by atoms with Crippen LogP contribution in [0.15, 0.2) is 65.6 Å². The summed E-state index contributed by atoms with van der Waals surface area (Å²) in [4.78, 5) is 16.7. The van der Waals surface area contributed by atoms with Crippen LogP contribution < -0.4 is 10.0 Å². The van der Waals surface area contributed by atoms with Crippen LogP contribution >= 0.6 is 11.6 Å². The Balaban J connectivity index is 1.89. The standard InChI is InChI=1S/C20H18ClN3O3S/c1-13-5-3-7-15(11-13)24-28(26,27)16-9-10-18(21)17(12-16)20(25)23-19-8-4-6-14(2)22-19/h3-12,24H,1-2H3,(H,22,23,25). The van der Waals surface area contributed by atoms with Gasteiger partial charge in [-0.05, 0) is 61.9 Å². The molecule has 144 valence electrons. The molecule has 0 aliphatic rings. The summed E-state index contributed by atoms with van der Waals surface area (Å²) in [6.07, 6.45) is 0. The molecule has 0 bridgehead atoms. The quantitative estimate of drug-likeness (QED) is 0.646. The van der Waals surface area contributed by atoms with Gasteiger partial charge >= 0.3 is 0 Å². The second kappa shape index (κ2) is 8.00. The monoisotopic (exact) mass is 415 g/mol. The van der Waals surface area contributed by atoms with Crippen LogP contribution in [0.1, 0.15) is 21.6 Å². The zero-order valence-electron chi connectivity index (χ0n) is 15.2. The zero-order chi connectivity index (χ0) is 20.3. The SMILES string of the molecule is Cc1cccc(NS(=O)(=O)c2ccc(Cl)c(C(=O)Nc3cccc(C)n3)c2)c1. The predicted octanol–water partition coefficient (Wildman–Crippen LogP) is 4.40. The minimum atomic E-state index is -3.89. The highest BCUT2D eigenvalue weighted by Gasteiger charge is 2.19. The van der Waals surface area contributed by atoms with Crippen molar-refractivity contribution in [1.29, 1.82) is 0 Å². The summed E-state index contributed by atoms with van der Waals surface area (Å²) < 4.78 is 27.9. The topological polar surface area (TPSA) is 88.2 Å². The van der Waals surface area contributed by atoms with Crippen LogP contribution in [0.2, 0.25) is 5.02 Å². The summed E-state index contributed by atoms with van der Waals surface area (Å²) in [6, 6.07) is 16.1. The lowest BCUT2D eigenvalue weighted by Crippen LogP contribution is -2.17. The third kappa shape index (κ3) is 4.68. The number of nitrogens with one attached hydrogen (secondary N) is 2. The first-order valence-electron chi connectivity index (χ1n) is 8.39. The number of hydrogen-bond donors (Lipinski definition) is 2. The molecule has 3 aromatic rings. The summed E-state index contributed by atoms with van der Waals surface area (Å²) in [5.74, 6) is -0.192.